The summed E-state index contributed by atoms with van der Waals surface area (Å²) in [6, 6.07) is 7.84. The van der Waals surface area contributed by atoms with Crippen molar-refractivity contribution in [1.82, 2.24) is 14.8 Å². The monoisotopic (exact) mass is 340 g/mol. The summed E-state index contributed by atoms with van der Waals surface area (Å²) in [5.41, 5.74) is 1.69. The summed E-state index contributed by atoms with van der Waals surface area (Å²) < 4.78 is 0. The quantitative estimate of drug-likeness (QED) is 0.839. The predicted molar refractivity (Wildman–Crippen MR) is 93.6 cm³/mol. The van der Waals surface area contributed by atoms with Crippen LogP contribution >= 0.6 is 11.3 Å². The number of aromatic nitrogens is 1. The number of thiophene rings is 1. The molecule has 0 aromatic carbocycles. The highest BCUT2D eigenvalue weighted by Crippen LogP contribution is 2.24. The number of amides is 1. The van der Waals surface area contributed by atoms with Gasteiger partial charge in [-0.2, -0.15) is 5.26 Å². The van der Waals surface area contributed by atoms with E-state index in [1.54, 1.807) is 17.6 Å². The number of carbonyl (C=O) groups excluding carboxylic acids is 1. The van der Waals surface area contributed by atoms with E-state index in [0.717, 1.165) is 32.6 Å². The van der Waals surface area contributed by atoms with Crippen LogP contribution in [0, 0.1) is 17.2 Å². The molecule has 124 valence electrons. The van der Waals surface area contributed by atoms with Gasteiger partial charge in [0.05, 0.1) is 5.56 Å². The van der Waals surface area contributed by atoms with Crippen LogP contribution in [0.15, 0.2) is 36.0 Å². The Morgan fingerprint density at radius 3 is 3.17 bits per heavy atom. The van der Waals surface area contributed by atoms with Crippen molar-refractivity contribution in [1.29, 1.82) is 5.26 Å². The van der Waals surface area contributed by atoms with Gasteiger partial charge in [0.25, 0.3) is 5.91 Å². The van der Waals surface area contributed by atoms with E-state index in [9.17, 15) is 4.79 Å². The van der Waals surface area contributed by atoms with Gasteiger partial charge in [-0.25, -0.2) is 0 Å². The average molecular weight is 340 g/mol. The van der Waals surface area contributed by atoms with Crippen molar-refractivity contribution in [2.24, 2.45) is 5.92 Å². The smallest absolute Gasteiger partial charge is 0.265 e. The largest absolute Gasteiger partial charge is 0.338 e. The minimum absolute atomic E-state index is 0.000961. The zero-order valence-corrected chi connectivity index (χ0v) is 14.5. The zero-order valence-electron chi connectivity index (χ0n) is 13.7. The van der Waals surface area contributed by atoms with Gasteiger partial charge in [-0.15, -0.1) is 11.3 Å². The van der Waals surface area contributed by atoms with Crippen LogP contribution in [0.2, 0.25) is 0 Å². The van der Waals surface area contributed by atoms with Crippen molar-refractivity contribution < 1.29 is 4.79 Å². The van der Waals surface area contributed by atoms with Crippen molar-refractivity contribution in [3.8, 4) is 6.07 Å². The molecule has 1 atom stereocenters. The number of likely N-dealkylation sites (tertiary alicyclic amines) is 1. The summed E-state index contributed by atoms with van der Waals surface area (Å²) in [5, 5.41) is 10.9. The molecule has 2 aromatic heterocycles. The molecule has 1 saturated heterocycles. The maximum absolute atomic E-state index is 12.6. The zero-order chi connectivity index (χ0) is 16.9. The van der Waals surface area contributed by atoms with Crippen LogP contribution in [0.25, 0.3) is 0 Å². The molecule has 24 heavy (non-hydrogen) atoms. The van der Waals surface area contributed by atoms with Gasteiger partial charge in [0.2, 0.25) is 0 Å². The normalized spacial score (nSPS) is 17.2. The van der Waals surface area contributed by atoms with Crippen LogP contribution < -0.4 is 0 Å². The third-order valence-corrected chi connectivity index (χ3v) is 5.20. The molecule has 1 fully saturated rings. The lowest BCUT2D eigenvalue weighted by atomic mass is 10.1. The molecule has 1 aliphatic rings. The Morgan fingerprint density at radius 1 is 1.54 bits per heavy atom. The highest BCUT2D eigenvalue weighted by atomic mass is 32.1. The molecule has 5 nitrogen and oxygen atoms in total. The molecule has 1 aliphatic heterocycles. The fraction of sp³-hybridized carbons (Fsp3) is 0.389. The van der Waals surface area contributed by atoms with Crippen LogP contribution in [-0.4, -0.2) is 47.4 Å². The van der Waals surface area contributed by atoms with Gasteiger partial charge in [0.1, 0.15) is 10.9 Å². The lowest BCUT2D eigenvalue weighted by Gasteiger charge is -2.21. The Hall–Kier alpha value is -2.23. The van der Waals surface area contributed by atoms with Crippen LogP contribution in [0.5, 0.6) is 0 Å². The second-order valence-electron chi connectivity index (χ2n) is 6.24. The molecule has 2 aromatic rings. The minimum atomic E-state index is -0.000961. The highest BCUT2D eigenvalue weighted by Gasteiger charge is 2.29. The molecule has 0 saturated carbocycles. The number of rotatable bonds is 5. The molecule has 3 heterocycles. The van der Waals surface area contributed by atoms with Crippen LogP contribution in [0.4, 0.5) is 0 Å². The Bertz CT molecular complexity index is 737. The number of nitrogens with zero attached hydrogens (tertiary/aromatic N) is 4. The van der Waals surface area contributed by atoms with Crippen molar-refractivity contribution >= 4 is 17.2 Å². The summed E-state index contributed by atoms with van der Waals surface area (Å²) in [6.45, 7) is 3.35. The van der Waals surface area contributed by atoms with E-state index in [2.05, 4.69) is 29.1 Å². The molecule has 0 N–H and O–H groups in total. The summed E-state index contributed by atoms with van der Waals surface area (Å²) in [6.07, 6.45) is 4.68. The Labute approximate surface area is 146 Å². The fourth-order valence-corrected chi connectivity index (χ4v) is 3.99. The van der Waals surface area contributed by atoms with Crippen molar-refractivity contribution in [2.75, 3.05) is 26.7 Å². The van der Waals surface area contributed by atoms with E-state index in [4.69, 9.17) is 5.26 Å². The summed E-state index contributed by atoms with van der Waals surface area (Å²) >= 11 is 1.35. The van der Waals surface area contributed by atoms with Crippen molar-refractivity contribution in [3.05, 3.63) is 52.0 Å². The average Bonchev–Trinajstić information content (AvgIpc) is 3.24. The van der Waals surface area contributed by atoms with Crippen LogP contribution in [-0.2, 0) is 6.54 Å². The van der Waals surface area contributed by atoms with Crippen molar-refractivity contribution in [3.63, 3.8) is 0 Å². The number of pyridine rings is 1. The van der Waals surface area contributed by atoms with Gasteiger partial charge in [-0.1, -0.05) is 6.07 Å². The molecule has 0 radical (unpaired) electrons. The highest BCUT2D eigenvalue weighted by molar-refractivity contribution is 7.12. The topological polar surface area (TPSA) is 60.2 Å². The Balaban J connectivity index is 1.54. The molecule has 0 bridgehead atoms. The molecule has 0 unspecified atom stereocenters. The first-order valence-corrected chi connectivity index (χ1v) is 8.89. The van der Waals surface area contributed by atoms with E-state index >= 15 is 0 Å². The van der Waals surface area contributed by atoms with Gasteiger partial charge >= 0.3 is 0 Å². The molecule has 3 rings (SSSR count). The molecule has 6 heteroatoms. The van der Waals surface area contributed by atoms with Gasteiger partial charge in [0.15, 0.2) is 0 Å². The van der Waals surface area contributed by atoms with Crippen LogP contribution in [0.3, 0.4) is 0 Å². The maximum Gasteiger partial charge on any atom is 0.265 e. The summed E-state index contributed by atoms with van der Waals surface area (Å²) in [5.74, 6) is 0.472. The number of hydrogen-bond acceptors (Lipinski definition) is 5. The SMILES string of the molecule is CN(Cc1cccnc1)C[C@@H]1CCN(C(=O)c2sccc2C#N)C1. The maximum atomic E-state index is 12.6. The minimum Gasteiger partial charge on any atom is -0.338 e. The van der Waals surface area contributed by atoms with Gasteiger partial charge in [-0.3, -0.25) is 9.78 Å². The van der Waals surface area contributed by atoms with Gasteiger partial charge < -0.3 is 9.80 Å². The fourth-order valence-electron chi connectivity index (χ4n) is 3.18. The first-order chi connectivity index (χ1) is 11.7. The van der Waals surface area contributed by atoms with E-state index < -0.39 is 0 Å². The molecule has 0 spiro atoms. The number of nitriles is 1. The second-order valence-corrected chi connectivity index (χ2v) is 7.16. The van der Waals surface area contributed by atoms with Crippen LogP contribution in [0.1, 0.15) is 27.2 Å². The van der Waals surface area contributed by atoms with E-state index in [-0.39, 0.29) is 5.91 Å². The predicted octanol–water partition coefficient (Wildman–Crippen LogP) is 2.61. The van der Waals surface area contributed by atoms with Gasteiger partial charge in [0, 0.05) is 38.6 Å². The van der Waals surface area contributed by atoms with E-state index in [1.807, 2.05) is 17.2 Å². The Morgan fingerprint density at radius 2 is 2.42 bits per heavy atom. The molecular weight excluding hydrogens is 320 g/mol. The summed E-state index contributed by atoms with van der Waals surface area (Å²) in [4.78, 5) is 21.5. The first kappa shape index (κ1) is 16.6. The Kier molecular flexibility index (Phi) is 5.24. The lowest BCUT2D eigenvalue weighted by molar-refractivity contribution is 0.0788. The molecule has 0 aliphatic carbocycles. The molecular formula is C18H20N4OS. The summed E-state index contributed by atoms with van der Waals surface area (Å²) in [7, 11) is 2.10. The first-order valence-electron chi connectivity index (χ1n) is 8.01. The standard InChI is InChI=1S/C18H20N4OS/c1-21(11-14-3-2-6-20-10-14)12-15-4-7-22(13-15)18(23)17-16(9-19)5-8-24-17/h2-3,5-6,8,10,15H,4,7,11-13H2,1H3/t15-/m0/s1. The second kappa shape index (κ2) is 7.56. The third kappa shape index (κ3) is 3.81. The third-order valence-electron chi connectivity index (χ3n) is 4.30. The number of hydrogen-bond donors (Lipinski definition) is 0. The van der Waals surface area contributed by atoms with E-state index in [1.165, 1.54) is 16.9 Å². The van der Waals surface area contributed by atoms with Gasteiger partial charge in [-0.05, 0) is 42.5 Å². The lowest BCUT2D eigenvalue weighted by Crippen LogP contribution is -2.31. The molecule has 1 amide bonds. The number of carbonyl (C=O) groups is 1. The van der Waals surface area contributed by atoms with E-state index in [0.29, 0.717) is 16.4 Å². The van der Waals surface area contributed by atoms with Crippen molar-refractivity contribution in [2.45, 2.75) is 13.0 Å².